The number of carboxylic acids is 1. The number of aromatic nitrogens is 2. The van der Waals surface area contributed by atoms with Crippen LogP contribution in [0.25, 0.3) is 0 Å². The van der Waals surface area contributed by atoms with Crippen LogP contribution in [0.2, 0.25) is 0 Å². The minimum Gasteiger partial charge on any atom is -0.480 e. The van der Waals surface area contributed by atoms with Gasteiger partial charge in [0.2, 0.25) is 5.91 Å². The van der Waals surface area contributed by atoms with Gasteiger partial charge in [-0.25, -0.2) is 9.78 Å². The summed E-state index contributed by atoms with van der Waals surface area (Å²) in [6.07, 6.45) is 3.87. The lowest BCUT2D eigenvalue weighted by Gasteiger charge is -2.21. The van der Waals surface area contributed by atoms with E-state index in [0.29, 0.717) is 18.9 Å². The fraction of sp³-hybridized carbons (Fsp3) is 0.421. The Bertz CT molecular complexity index is 759. The normalized spacial score (nSPS) is 20.7. The zero-order valence-electron chi connectivity index (χ0n) is 14.7. The number of amides is 1. The second-order valence-electron chi connectivity index (χ2n) is 6.35. The van der Waals surface area contributed by atoms with Crippen molar-refractivity contribution >= 4 is 11.9 Å². The van der Waals surface area contributed by atoms with Crippen LogP contribution in [0, 0.1) is 5.92 Å². The van der Waals surface area contributed by atoms with E-state index >= 15 is 0 Å². The first-order chi connectivity index (χ1) is 12.6. The van der Waals surface area contributed by atoms with Crippen molar-refractivity contribution in [2.45, 2.75) is 38.5 Å². The first-order valence-electron chi connectivity index (χ1n) is 8.80. The van der Waals surface area contributed by atoms with E-state index in [0.717, 1.165) is 12.1 Å². The van der Waals surface area contributed by atoms with Crippen LogP contribution >= 0.6 is 0 Å². The first kappa shape index (κ1) is 18.1. The van der Waals surface area contributed by atoms with Crippen LogP contribution in [0.15, 0.2) is 42.7 Å². The number of ether oxygens (including phenoxy) is 1. The average molecular weight is 357 g/mol. The summed E-state index contributed by atoms with van der Waals surface area (Å²) in [4.78, 5) is 28.7. The highest BCUT2D eigenvalue weighted by molar-refractivity contribution is 5.85. The monoisotopic (exact) mass is 357 g/mol. The topological polar surface area (TPSA) is 93.5 Å². The number of carboxylic acid groups (broad SMARTS) is 1. The third kappa shape index (κ3) is 3.94. The molecule has 26 heavy (non-hydrogen) atoms. The van der Waals surface area contributed by atoms with Crippen LogP contribution < -0.4 is 5.32 Å². The molecule has 1 aliphatic heterocycles. The highest BCUT2D eigenvalue weighted by Gasteiger charge is 2.39. The third-order valence-electron chi connectivity index (χ3n) is 4.67. The van der Waals surface area contributed by atoms with Crippen molar-refractivity contribution in [1.82, 2.24) is 14.9 Å². The minimum absolute atomic E-state index is 0.240. The van der Waals surface area contributed by atoms with E-state index in [2.05, 4.69) is 10.3 Å². The van der Waals surface area contributed by atoms with Gasteiger partial charge in [-0.2, -0.15) is 0 Å². The molecule has 1 aliphatic rings. The Morgan fingerprint density at radius 2 is 2.15 bits per heavy atom. The molecular formula is C19H23N3O4. The molecule has 2 aromatic rings. The van der Waals surface area contributed by atoms with E-state index in [4.69, 9.17) is 4.74 Å². The Morgan fingerprint density at radius 3 is 2.85 bits per heavy atom. The summed E-state index contributed by atoms with van der Waals surface area (Å²) in [5.74, 6) is -1.09. The quantitative estimate of drug-likeness (QED) is 0.788. The Labute approximate surface area is 152 Å². The number of imidazole rings is 1. The Hall–Kier alpha value is -2.67. The molecule has 0 radical (unpaired) electrons. The number of hydrogen-bond acceptors (Lipinski definition) is 4. The third-order valence-corrected chi connectivity index (χ3v) is 4.67. The summed E-state index contributed by atoms with van der Waals surface area (Å²) in [6, 6.07) is 8.29. The second kappa shape index (κ2) is 8.14. The SMILES string of the molecule is CCn1ccnc1[C@@H]1OCC[C@H]1C(=O)N[C@H](Cc1ccccc1)C(=O)O. The van der Waals surface area contributed by atoms with Crippen molar-refractivity contribution in [1.29, 1.82) is 0 Å². The Kier molecular flexibility index (Phi) is 5.68. The fourth-order valence-corrected chi connectivity index (χ4v) is 3.29. The number of carbonyl (C=O) groups is 2. The molecule has 3 rings (SSSR count). The van der Waals surface area contributed by atoms with Crippen molar-refractivity contribution in [3.8, 4) is 0 Å². The molecule has 2 heterocycles. The zero-order valence-corrected chi connectivity index (χ0v) is 14.7. The number of rotatable bonds is 7. The molecule has 7 heteroatoms. The highest BCUT2D eigenvalue weighted by atomic mass is 16.5. The minimum atomic E-state index is -1.05. The smallest absolute Gasteiger partial charge is 0.326 e. The van der Waals surface area contributed by atoms with Gasteiger partial charge >= 0.3 is 5.97 Å². The average Bonchev–Trinajstić information content (AvgIpc) is 3.30. The van der Waals surface area contributed by atoms with Gasteiger partial charge in [-0.15, -0.1) is 0 Å². The van der Waals surface area contributed by atoms with Crippen molar-refractivity contribution < 1.29 is 19.4 Å². The molecule has 1 aromatic carbocycles. The molecule has 138 valence electrons. The molecular weight excluding hydrogens is 334 g/mol. The van der Waals surface area contributed by atoms with E-state index in [1.165, 1.54) is 0 Å². The van der Waals surface area contributed by atoms with Gasteiger partial charge in [-0.1, -0.05) is 30.3 Å². The van der Waals surface area contributed by atoms with Crippen LogP contribution in [0.1, 0.15) is 30.8 Å². The fourth-order valence-electron chi connectivity index (χ4n) is 3.29. The lowest BCUT2D eigenvalue weighted by molar-refractivity contribution is -0.142. The van der Waals surface area contributed by atoms with E-state index in [9.17, 15) is 14.7 Å². The lowest BCUT2D eigenvalue weighted by atomic mass is 9.98. The van der Waals surface area contributed by atoms with Gasteiger partial charge in [0.05, 0.1) is 5.92 Å². The molecule has 1 aromatic heterocycles. The number of nitrogens with zero attached hydrogens (tertiary/aromatic N) is 2. The van der Waals surface area contributed by atoms with E-state index < -0.39 is 24.0 Å². The number of carbonyl (C=O) groups excluding carboxylic acids is 1. The van der Waals surface area contributed by atoms with Crippen molar-refractivity contribution in [2.24, 2.45) is 5.92 Å². The molecule has 2 N–H and O–H groups in total. The van der Waals surface area contributed by atoms with Gasteiger partial charge in [-0.3, -0.25) is 4.79 Å². The van der Waals surface area contributed by atoms with Crippen LogP contribution in [-0.4, -0.2) is 39.2 Å². The van der Waals surface area contributed by atoms with Crippen LogP contribution in [-0.2, 0) is 27.3 Å². The van der Waals surface area contributed by atoms with Crippen molar-refractivity contribution in [3.63, 3.8) is 0 Å². The van der Waals surface area contributed by atoms with Gasteiger partial charge < -0.3 is 19.7 Å². The maximum Gasteiger partial charge on any atom is 0.326 e. The number of benzene rings is 1. The molecule has 7 nitrogen and oxygen atoms in total. The summed E-state index contributed by atoms with van der Waals surface area (Å²) >= 11 is 0. The molecule has 1 fully saturated rings. The molecule has 0 saturated carbocycles. The standard InChI is InChI=1S/C19H23N3O4/c1-2-22-10-9-20-17(22)16-14(8-11-26-16)18(23)21-15(19(24)25)12-13-6-4-3-5-7-13/h3-7,9-10,14-16H,2,8,11-12H2,1H3,(H,21,23)(H,24,25)/t14-,15-,16-/m1/s1. The van der Waals surface area contributed by atoms with Gasteiger partial charge in [0.25, 0.3) is 0 Å². The van der Waals surface area contributed by atoms with Crippen molar-refractivity contribution in [2.75, 3.05) is 6.61 Å². The highest BCUT2D eigenvalue weighted by Crippen LogP contribution is 2.34. The van der Waals surface area contributed by atoms with E-state index in [-0.39, 0.29) is 12.3 Å². The summed E-state index contributed by atoms with van der Waals surface area (Å²) in [5.41, 5.74) is 0.862. The summed E-state index contributed by atoms with van der Waals surface area (Å²) in [5, 5.41) is 12.2. The van der Waals surface area contributed by atoms with Gasteiger partial charge in [-0.05, 0) is 18.9 Å². The number of aryl methyl sites for hydroxylation is 1. The zero-order chi connectivity index (χ0) is 18.5. The van der Waals surface area contributed by atoms with Gasteiger partial charge in [0.1, 0.15) is 18.0 Å². The number of aliphatic carboxylic acids is 1. The van der Waals surface area contributed by atoms with E-state index in [1.54, 1.807) is 6.20 Å². The predicted octanol–water partition coefficient (Wildman–Crippen LogP) is 1.79. The molecule has 0 spiro atoms. The van der Waals surface area contributed by atoms with Gasteiger partial charge in [0, 0.05) is 32.0 Å². The second-order valence-corrected chi connectivity index (χ2v) is 6.35. The van der Waals surface area contributed by atoms with Crippen LogP contribution in [0.5, 0.6) is 0 Å². The summed E-state index contributed by atoms with van der Waals surface area (Å²) in [7, 11) is 0. The van der Waals surface area contributed by atoms with Gasteiger partial charge in [0.15, 0.2) is 0 Å². The Balaban J connectivity index is 1.71. The largest absolute Gasteiger partial charge is 0.480 e. The van der Waals surface area contributed by atoms with Crippen LogP contribution in [0.3, 0.4) is 0 Å². The lowest BCUT2D eigenvalue weighted by Crippen LogP contribution is -2.45. The maximum atomic E-state index is 12.8. The van der Waals surface area contributed by atoms with Crippen LogP contribution in [0.4, 0.5) is 0 Å². The van der Waals surface area contributed by atoms with E-state index in [1.807, 2.05) is 48.0 Å². The van der Waals surface area contributed by atoms with Crippen molar-refractivity contribution in [3.05, 3.63) is 54.1 Å². The summed E-state index contributed by atoms with van der Waals surface area (Å²) < 4.78 is 7.68. The Morgan fingerprint density at radius 1 is 1.38 bits per heavy atom. The molecule has 3 atom stereocenters. The molecule has 0 bridgehead atoms. The molecule has 0 aliphatic carbocycles. The predicted molar refractivity (Wildman–Crippen MR) is 94.4 cm³/mol. The molecule has 1 amide bonds. The maximum absolute atomic E-state index is 12.8. The summed E-state index contributed by atoms with van der Waals surface area (Å²) in [6.45, 7) is 3.18. The first-order valence-corrected chi connectivity index (χ1v) is 8.80. The number of hydrogen-bond donors (Lipinski definition) is 2. The molecule has 0 unspecified atom stereocenters. The number of nitrogens with one attached hydrogen (secondary N) is 1. The molecule has 1 saturated heterocycles.